The highest BCUT2D eigenvalue weighted by Crippen LogP contribution is 2.21. The number of H-pyrrole nitrogens is 1. The van der Waals surface area contributed by atoms with E-state index in [0.717, 1.165) is 28.3 Å². The Morgan fingerprint density at radius 2 is 1.82 bits per heavy atom. The van der Waals surface area contributed by atoms with Crippen LogP contribution in [0.15, 0.2) is 72.9 Å². The molecule has 8 nitrogen and oxygen atoms in total. The van der Waals surface area contributed by atoms with E-state index in [-0.39, 0.29) is 12.3 Å². The Hall–Kier alpha value is -3.98. The Morgan fingerprint density at radius 3 is 2.53 bits per heavy atom. The van der Waals surface area contributed by atoms with Crippen molar-refractivity contribution in [3.8, 4) is 22.9 Å². The van der Waals surface area contributed by atoms with Crippen molar-refractivity contribution in [2.75, 3.05) is 7.11 Å². The number of carbonyl (C=O) groups excluding carboxylic acids is 1. The minimum atomic E-state index is -0.0701. The van der Waals surface area contributed by atoms with Gasteiger partial charge in [0.15, 0.2) is 10.6 Å². The van der Waals surface area contributed by atoms with Crippen LogP contribution in [0.3, 0.4) is 0 Å². The largest absolute Gasteiger partial charge is 0.497 e. The Balaban J connectivity index is 1.27. The number of ether oxygens (including phenoxy) is 2. The van der Waals surface area contributed by atoms with Crippen LogP contribution in [0.5, 0.6) is 11.5 Å². The van der Waals surface area contributed by atoms with Gasteiger partial charge in [-0.25, -0.2) is 0 Å². The summed E-state index contributed by atoms with van der Waals surface area (Å²) in [6.07, 6.45) is 2.02. The second-order valence-electron chi connectivity index (χ2n) is 7.51. The number of rotatable bonds is 10. The van der Waals surface area contributed by atoms with Crippen molar-refractivity contribution < 1.29 is 14.3 Å². The molecule has 0 saturated heterocycles. The molecule has 0 saturated carbocycles. The third-order valence-corrected chi connectivity index (χ3v) is 5.51. The molecule has 0 bridgehead atoms. The first-order valence-corrected chi connectivity index (χ1v) is 11.2. The molecule has 9 heteroatoms. The maximum absolute atomic E-state index is 12.4. The second-order valence-corrected chi connectivity index (χ2v) is 7.90. The highest BCUT2D eigenvalue weighted by Gasteiger charge is 2.11. The fraction of sp³-hybridized carbons (Fsp3) is 0.200. The predicted octanol–water partition coefficient (Wildman–Crippen LogP) is 4.30. The molecule has 0 fully saturated rings. The monoisotopic (exact) mass is 475 g/mol. The van der Waals surface area contributed by atoms with Crippen molar-refractivity contribution in [3.63, 3.8) is 0 Å². The molecule has 0 unspecified atom stereocenters. The number of methoxy groups -OCH3 is 1. The molecule has 4 aromatic rings. The molecule has 2 heterocycles. The number of hydrogen-bond donors (Lipinski definition) is 2. The lowest BCUT2D eigenvalue weighted by Gasteiger charge is -2.09. The summed E-state index contributed by atoms with van der Waals surface area (Å²) in [5.41, 5.74) is 2.74. The maximum Gasteiger partial charge on any atom is 0.222 e. The number of nitrogens with zero attached hydrogens (tertiary/aromatic N) is 3. The van der Waals surface area contributed by atoms with E-state index in [4.69, 9.17) is 21.7 Å². The molecule has 2 aromatic carbocycles. The SMILES string of the molecule is COc1ccc(-c2n[nH]c(=S)n2CCC(=O)NCc2ccc(OCc3ccccn3)cc2)cc1. The van der Waals surface area contributed by atoms with Gasteiger partial charge in [-0.15, -0.1) is 0 Å². The number of benzene rings is 2. The highest BCUT2D eigenvalue weighted by molar-refractivity contribution is 7.71. The van der Waals surface area contributed by atoms with Crippen molar-refractivity contribution in [3.05, 3.63) is 89.0 Å². The van der Waals surface area contributed by atoms with Gasteiger partial charge in [-0.05, 0) is 66.3 Å². The number of aromatic nitrogens is 4. The minimum absolute atomic E-state index is 0.0701. The van der Waals surface area contributed by atoms with Crippen LogP contribution in [-0.2, 0) is 24.5 Å². The molecule has 34 heavy (non-hydrogen) atoms. The normalized spacial score (nSPS) is 10.6. The number of amides is 1. The fourth-order valence-corrected chi connectivity index (χ4v) is 3.56. The van der Waals surface area contributed by atoms with Gasteiger partial charge < -0.3 is 14.8 Å². The lowest BCUT2D eigenvalue weighted by molar-refractivity contribution is -0.121. The Bertz CT molecular complexity index is 1270. The van der Waals surface area contributed by atoms with Crippen molar-refractivity contribution in [2.24, 2.45) is 0 Å². The molecule has 0 radical (unpaired) electrons. The molecule has 2 N–H and O–H groups in total. The minimum Gasteiger partial charge on any atom is -0.497 e. The lowest BCUT2D eigenvalue weighted by atomic mass is 10.2. The summed E-state index contributed by atoms with van der Waals surface area (Å²) >= 11 is 5.35. The molecular weight excluding hydrogens is 450 g/mol. The highest BCUT2D eigenvalue weighted by atomic mass is 32.1. The summed E-state index contributed by atoms with van der Waals surface area (Å²) in [5, 5.41) is 10.1. The molecule has 1 amide bonds. The zero-order valence-corrected chi connectivity index (χ0v) is 19.5. The van der Waals surface area contributed by atoms with Gasteiger partial charge in [-0.1, -0.05) is 18.2 Å². The van der Waals surface area contributed by atoms with Gasteiger partial charge in [-0.2, -0.15) is 5.10 Å². The molecule has 0 aliphatic carbocycles. The average Bonchev–Trinajstić information content (AvgIpc) is 3.26. The third kappa shape index (κ3) is 6.08. The molecule has 0 spiro atoms. The van der Waals surface area contributed by atoms with Gasteiger partial charge in [-0.3, -0.25) is 19.4 Å². The van der Waals surface area contributed by atoms with Gasteiger partial charge >= 0.3 is 0 Å². The second kappa shape index (κ2) is 11.2. The number of nitrogens with one attached hydrogen (secondary N) is 2. The topological polar surface area (TPSA) is 94.1 Å². The zero-order valence-electron chi connectivity index (χ0n) is 18.7. The average molecular weight is 476 g/mol. The number of pyridine rings is 1. The first-order chi connectivity index (χ1) is 16.6. The van der Waals surface area contributed by atoms with Crippen LogP contribution in [-0.4, -0.2) is 32.8 Å². The number of aromatic amines is 1. The summed E-state index contributed by atoms with van der Waals surface area (Å²) in [6, 6.07) is 20.9. The summed E-state index contributed by atoms with van der Waals surface area (Å²) in [4.78, 5) is 16.7. The molecule has 0 aliphatic heterocycles. The zero-order chi connectivity index (χ0) is 23.8. The third-order valence-electron chi connectivity index (χ3n) is 5.19. The molecule has 174 valence electrons. The van der Waals surface area contributed by atoms with Gasteiger partial charge in [0.25, 0.3) is 0 Å². The van der Waals surface area contributed by atoms with Crippen molar-refractivity contribution in [2.45, 2.75) is 26.1 Å². The molecule has 0 aliphatic rings. The molecule has 2 aromatic heterocycles. The first kappa shape index (κ1) is 23.2. The molecular formula is C25H25N5O3S. The van der Waals surface area contributed by atoms with E-state index in [1.807, 2.05) is 71.3 Å². The van der Waals surface area contributed by atoms with Crippen LogP contribution in [0.2, 0.25) is 0 Å². The summed E-state index contributed by atoms with van der Waals surface area (Å²) in [6.45, 7) is 1.26. The molecule has 4 rings (SSSR count). The maximum atomic E-state index is 12.4. The van der Waals surface area contributed by atoms with E-state index in [1.54, 1.807) is 13.3 Å². The van der Waals surface area contributed by atoms with Crippen LogP contribution in [0.1, 0.15) is 17.7 Å². The van der Waals surface area contributed by atoms with E-state index >= 15 is 0 Å². The van der Waals surface area contributed by atoms with Gasteiger partial charge in [0.05, 0.1) is 12.8 Å². The van der Waals surface area contributed by atoms with Crippen LogP contribution in [0.25, 0.3) is 11.4 Å². The smallest absolute Gasteiger partial charge is 0.222 e. The Kier molecular flexibility index (Phi) is 7.67. The summed E-state index contributed by atoms with van der Waals surface area (Å²) in [5.74, 6) is 2.12. The Morgan fingerprint density at radius 1 is 1.06 bits per heavy atom. The first-order valence-electron chi connectivity index (χ1n) is 10.8. The summed E-state index contributed by atoms with van der Waals surface area (Å²) in [7, 11) is 1.62. The number of hydrogen-bond acceptors (Lipinski definition) is 6. The quantitative estimate of drug-likeness (QED) is 0.332. The van der Waals surface area contributed by atoms with E-state index < -0.39 is 0 Å². The van der Waals surface area contributed by atoms with E-state index in [1.165, 1.54) is 0 Å². The lowest BCUT2D eigenvalue weighted by Crippen LogP contribution is -2.24. The van der Waals surface area contributed by atoms with Gasteiger partial charge in [0.2, 0.25) is 5.91 Å². The fourth-order valence-electron chi connectivity index (χ4n) is 3.33. The van der Waals surface area contributed by atoms with Crippen LogP contribution in [0.4, 0.5) is 0 Å². The Labute approximate surface area is 202 Å². The predicted molar refractivity (Wildman–Crippen MR) is 131 cm³/mol. The van der Waals surface area contributed by atoms with Crippen molar-refractivity contribution in [1.29, 1.82) is 0 Å². The van der Waals surface area contributed by atoms with E-state index in [0.29, 0.717) is 30.3 Å². The van der Waals surface area contributed by atoms with E-state index in [2.05, 4.69) is 20.5 Å². The van der Waals surface area contributed by atoms with E-state index in [9.17, 15) is 4.79 Å². The van der Waals surface area contributed by atoms with Crippen LogP contribution >= 0.6 is 12.2 Å². The van der Waals surface area contributed by atoms with Crippen molar-refractivity contribution >= 4 is 18.1 Å². The standard InChI is InChI=1S/C25H25N5O3S/c1-32-21-11-7-19(8-12-21)24-28-29-25(34)30(24)15-13-23(31)27-16-18-5-9-22(10-6-18)33-17-20-4-2-3-14-26-20/h2-12,14H,13,15-17H2,1H3,(H,27,31)(H,29,34). The summed E-state index contributed by atoms with van der Waals surface area (Å²) < 4.78 is 13.2. The molecule has 0 atom stereocenters. The van der Waals surface area contributed by atoms with Gasteiger partial charge in [0.1, 0.15) is 18.1 Å². The van der Waals surface area contributed by atoms with Gasteiger partial charge in [0, 0.05) is 31.3 Å². The van der Waals surface area contributed by atoms with Crippen LogP contribution in [0, 0.1) is 4.77 Å². The van der Waals surface area contributed by atoms with Crippen molar-refractivity contribution in [1.82, 2.24) is 25.1 Å². The number of carbonyl (C=O) groups is 1. The van der Waals surface area contributed by atoms with Crippen LogP contribution < -0.4 is 14.8 Å².